The smallest absolute Gasteiger partial charge is 0.224 e. The Kier molecular flexibility index (Phi) is 2.28. The van der Waals surface area contributed by atoms with E-state index < -0.39 is 5.91 Å². The number of ether oxygens (including phenoxy) is 2. The quantitative estimate of drug-likeness (QED) is 0.620. The predicted molar refractivity (Wildman–Crippen MR) is 38.6 cm³/mol. The molecule has 0 amide bonds. The molecule has 1 N–H and O–H groups in total. The lowest BCUT2D eigenvalue weighted by molar-refractivity contribution is -0.174. The van der Waals surface area contributed by atoms with Crippen molar-refractivity contribution in [3.63, 3.8) is 0 Å². The first-order chi connectivity index (χ1) is 4.66. The Morgan fingerprint density at radius 2 is 2.40 bits per heavy atom. The highest BCUT2D eigenvalue weighted by molar-refractivity contribution is 4.68. The van der Waals surface area contributed by atoms with Crippen molar-refractivity contribution in [3.8, 4) is 0 Å². The van der Waals surface area contributed by atoms with E-state index in [9.17, 15) is 0 Å². The fourth-order valence-electron chi connectivity index (χ4n) is 1.14. The molecule has 10 heavy (non-hydrogen) atoms. The average molecular weight is 145 g/mol. The number of hydrogen-bond donors (Lipinski definition) is 1. The Balaban J connectivity index is 2.38. The van der Waals surface area contributed by atoms with Crippen LogP contribution in [0.3, 0.4) is 0 Å². The van der Waals surface area contributed by atoms with Crippen molar-refractivity contribution in [2.45, 2.75) is 32.8 Å². The number of rotatable bonds is 2. The van der Waals surface area contributed by atoms with Crippen molar-refractivity contribution in [1.82, 2.24) is 5.32 Å². The molecule has 2 atom stereocenters. The highest BCUT2D eigenvalue weighted by Crippen LogP contribution is 2.19. The molecule has 1 heterocycles. The number of nitrogens with one attached hydrogen (secondary N) is 1. The molecule has 0 aromatic heterocycles. The Bertz CT molecular complexity index is 114. The van der Waals surface area contributed by atoms with Gasteiger partial charge in [0, 0.05) is 6.92 Å². The van der Waals surface area contributed by atoms with E-state index in [1.807, 2.05) is 20.8 Å². The van der Waals surface area contributed by atoms with Crippen molar-refractivity contribution in [2.24, 2.45) is 0 Å². The third kappa shape index (κ3) is 1.68. The zero-order chi connectivity index (χ0) is 7.61. The SMILES string of the molecule is CCNC1(C)OCC(C)O1. The maximum absolute atomic E-state index is 5.46. The summed E-state index contributed by atoms with van der Waals surface area (Å²) in [7, 11) is 0. The topological polar surface area (TPSA) is 30.5 Å². The molecule has 0 radical (unpaired) electrons. The molecule has 0 saturated carbocycles. The van der Waals surface area contributed by atoms with Gasteiger partial charge in [-0.1, -0.05) is 6.92 Å². The van der Waals surface area contributed by atoms with Crippen LogP contribution in [0.4, 0.5) is 0 Å². The third-order valence-electron chi connectivity index (χ3n) is 1.52. The van der Waals surface area contributed by atoms with Gasteiger partial charge in [-0.3, -0.25) is 5.32 Å². The fraction of sp³-hybridized carbons (Fsp3) is 1.00. The van der Waals surface area contributed by atoms with E-state index in [2.05, 4.69) is 5.32 Å². The molecule has 1 aliphatic heterocycles. The second kappa shape index (κ2) is 2.86. The fourth-order valence-corrected chi connectivity index (χ4v) is 1.14. The van der Waals surface area contributed by atoms with E-state index in [0.29, 0.717) is 6.61 Å². The molecule has 0 aromatic carbocycles. The molecule has 60 valence electrons. The summed E-state index contributed by atoms with van der Waals surface area (Å²) in [6.07, 6.45) is 0.212. The van der Waals surface area contributed by atoms with E-state index in [0.717, 1.165) is 6.54 Å². The second-order valence-electron chi connectivity index (χ2n) is 2.72. The first-order valence-electron chi connectivity index (χ1n) is 3.73. The van der Waals surface area contributed by atoms with Crippen LogP contribution in [-0.2, 0) is 9.47 Å². The van der Waals surface area contributed by atoms with Crippen LogP contribution in [0, 0.1) is 0 Å². The second-order valence-corrected chi connectivity index (χ2v) is 2.72. The van der Waals surface area contributed by atoms with Gasteiger partial charge in [0.15, 0.2) is 0 Å². The summed E-state index contributed by atoms with van der Waals surface area (Å²) >= 11 is 0. The van der Waals surface area contributed by atoms with Gasteiger partial charge in [0.1, 0.15) is 0 Å². The minimum atomic E-state index is -0.534. The third-order valence-corrected chi connectivity index (χ3v) is 1.52. The van der Waals surface area contributed by atoms with Gasteiger partial charge in [-0.2, -0.15) is 0 Å². The van der Waals surface area contributed by atoms with E-state index in [4.69, 9.17) is 9.47 Å². The summed E-state index contributed by atoms with van der Waals surface area (Å²) in [5.41, 5.74) is 0. The monoisotopic (exact) mass is 145 g/mol. The Morgan fingerprint density at radius 1 is 1.70 bits per heavy atom. The van der Waals surface area contributed by atoms with Gasteiger partial charge < -0.3 is 9.47 Å². The highest BCUT2D eigenvalue weighted by atomic mass is 16.8. The number of hydrogen-bond acceptors (Lipinski definition) is 3. The Hall–Kier alpha value is -0.120. The van der Waals surface area contributed by atoms with Gasteiger partial charge in [-0.05, 0) is 13.5 Å². The van der Waals surface area contributed by atoms with Crippen LogP contribution in [0.2, 0.25) is 0 Å². The largest absolute Gasteiger partial charge is 0.335 e. The van der Waals surface area contributed by atoms with Gasteiger partial charge in [0.2, 0.25) is 5.91 Å². The first-order valence-corrected chi connectivity index (χ1v) is 3.73. The summed E-state index contributed by atoms with van der Waals surface area (Å²) < 4.78 is 10.8. The van der Waals surface area contributed by atoms with Crippen molar-refractivity contribution >= 4 is 0 Å². The molecule has 3 nitrogen and oxygen atoms in total. The molecule has 0 bridgehead atoms. The Labute approximate surface area is 61.7 Å². The van der Waals surface area contributed by atoms with Crippen LogP contribution in [0.5, 0.6) is 0 Å². The molecule has 2 unspecified atom stereocenters. The molecular weight excluding hydrogens is 130 g/mol. The standard InChI is InChI=1S/C7H15NO2/c1-4-8-7(3)9-5-6(2)10-7/h6,8H,4-5H2,1-3H3. The van der Waals surface area contributed by atoms with Crippen molar-refractivity contribution in [1.29, 1.82) is 0 Å². The molecule has 1 aliphatic rings. The van der Waals surface area contributed by atoms with Gasteiger partial charge >= 0.3 is 0 Å². The van der Waals surface area contributed by atoms with E-state index in [-0.39, 0.29) is 6.10 Å². The minimum Gasteiger partial charge on any atom is -0.335 e. The first kappa shape index (κ1) is 7.98. The summed E-state index contributed by atoms with van der Waals surface area (Å²) in [5, 5.41) is 3.11. The maximum Gasteiger partial charge on any atom is 0.224 e. The summed E-state index contributed by atoms with van der Waals surface area (Å²) in [6, 6.07) is 0. The van der Waals surface area contributed by atoms with Crippen molar-refractivity contribution in [2.75, 3.05) is 13.2 Å². The van der Waals surface area contributed by atoms with Gasteiger partial charge in [0.25, 0.3) is 0 Å². The molecule has 0 aliphatic carbocycles. The maximum atomic E-state index is 5.46. The normalized spacial score (nSPS) is 40.5. The van der Waals surface area contributed by atoms with E-state index >= 15 is 0 Å². The summed E-state index contributed by atoms with van der Waals surface area (Å²) in [4.78, 5) is 0. The molecule has 3 heteroatoms. The summed E-state index contributed by atoms with van der Waals surface area (Å²) in [6.45, 7) is 7.48. The zero-order valence-electron chi connectivity index (χ0n) is 6.81. The molecular formula is C7H15NO2. The van der Waals surface area contributed by atoms with Crippen LogP contribution in [0.25, 0.3) is 0 Å². The average Bonchev–Trinajstić information content (AvgIpc) is 2.12. The van der Waals surface area contributed by atoms with Crippen LogP contribution in [0.1, 0.15) is 20.8 Å². The van der Waals surface area contributed by atoms with Gasteiger partial charge in [0.05, 0.1) is 12.7 Å². The lowest BCUT2D eigenvalue weighted by Crippen LogP contribution is -2.43. The van der Waals surface area contributed by atoms with Crippen LogP contribution in [-0.4, -0.2) is 25.2 Å². The lowest BCUT2D eigenvalue weighted by atomic mass is 10.4. The van der Waals surface area contributed by atoms with Crippen LogP contribution >= 0.6 is 0 Å². The molecule has 1 saturated heterocycles. The zero-order valence-corrected chi connectivity index (χ0v) is 6.81. The minimum absolute atomic E-state index is 0.212. The molecule has 1 rings (SSSR count). The molecule has 0 spiro atoms. The van der Waals surface area contributed by atoms with Gasteiger partial charge in [-0.25, -0.2) is 0 Å². The Morgan fingerprint density at radius 3 is 2.80 bits per heavy atom. The van der Waals surface area contributed by atoms with Crippen molar-refractivity contribution in [3.05, 3.63) is 0 Å². The van der Waals surface area contributed by atoms with Crippen molar-refractivity contribution < 1.29 is 9.47 Å². The summed E-state index contributed by atoms with van der Waals surface area (Å²) in [5.74, 6) is -0.534. The van der Waals surface area contributed by atoms with E-state index in [1.165, 1.54) is 0 Å². The molecule has 0 aromatic rings. The highest BCUT2D eigenvalue weighted by Gasteiger charge is 2.33. The predicted octanol–water partition coefficient (Wildman–Crippen LogP) is 0.705. The van der Waals surface area contributed by atoms with E-state index in [1.54, 1.807) is 0 Å². The van der Waals surface area contributed by atoms with Crippen LogP contribution in [0.15, 0.2) is 0 Å². The molecule has 1 fully saturated rings. The van der Waals surface area contributed by atoms with Gasteiger partial charge in [-0.15, -0.1) is 0 Å². The van der Waals surface area contributed by atoms with Crippen LogP contribution < -0.4 is 5.32 Å². The lowest BCUT2D eigenvalue weighted by Gasteiger charge is -2.22.